The van der Waals surface area contributed by atoms with Crippen LogP contribution in [0.1, 0.15) is 12.0 Å². The van der Waals surface area contributed by atoms with Gasteiger partial charge in [0.05, 0.1) is 13.2 Å². The lowest BCUT2D eigenvalue weighted by Crippen LogP contribution is -2.60. The number of methoxy groups -OCH3 is 1. The SMILES string of the molecule is CNC1CC(Oc2cc(Cl)ccc2C)C1OCCOC. The molecule has 3 unspecified atom stereocenters. The van der Waals surface area contributed by atoms with Crippen molar-refractivity contribution in [3.05, 3.63) is 28.8 Å². The molecule has 1 fully saturated rings. The molecule has 2 rings (SSSR count). The van der Waals surface area contributed by atoms with Crippen LogP contribution in [0.15, 0.2) is 18.2 Å². The Labute approximate surface area is 125 Å². The van der Waals surface area contributed by atoms with Crippen molar-refractivity contribution in [2.24, 2.45) is 0 Å². The second-order valence-corrected chi connectivity index (χ2v) is 5.46. The summed E-state index contributed by atoms with van der Waals surface area (Å²) in [5.74, 6) is 0.831. The number of benzene rings is 1. The fourth-order valence-corrected chi connectivity index (χ4v) is 2.50. The van der Waals surface area contributed by atoms with Gasteiger partial charge in [-0.1, -0.05) is 17.7 Å². The minimum Gasteiger partial charge on any atom is -0.487 e. The largest absolute Gasteiger partial charge is 0.487 e. The molecule has 0 heterocycles. The molecular weight excluding hydrogens is 278 g/mol. The summed E-state index contributed by atoms with van der Waals surface area (Å²) >= 11 is 6.02. The molecule has 1 saturated carbocycles. The maximum Gasteiger partial charge on any atom is 0.128 e. The number of hydrogen-bond acceptors (Lipinski definition) is 4. The highest BCUT2D eigenvalue weighted by Gasteiger charge is 2.43. The molecule has 4 nitrogen and oxygen atoms in total. The summed E-state index contributed by atoms with van der Waals surface area (Å²) in [5, 5.41) is 3.94. The van der Waals surface area contributed by atoms with E-state index in [1.807, 2.05) is 32.2 Å². The summed E-state index contributed by atoms with van der Waals surface area (Å²) in [7, 11) is 3.61. The van der Waals surface area contributed by atoms with E-state index in [1.165, 1.54) is 0 Å². The molecule has 1 aliphatic carbocycles. The van der Waals surface area contributed by atoms with Crippen LogP contribution in [-0.4, -0.2) is 45.6 Å². The highest BCUT2D eigenvalue weighted by atomic mass is 35.5. The normalized spacial score (nSPS) is 25.3. The second kappa shape index (κ2) is 7.27. The molecule has 0 spiro atoms. The van der Waals surface area contributed by atoms with Crippen LogP contribution in [0.3, 0.4) is 0 Å². The number of aryl methyl sites for hydroxylation is 1. The highest BCUT2D eigenvalue weighted by Crippen LogP contribution is 2.31. The third-order valence-corrected chi connectivity index (χ3v) is 3.88. The average molecular weight is 300 g/mol. The summed E-state index contributed by atoms with van der Waals surface area (Å²) in [5.41, 5.74) is 1.08. The van der Waals surface area contributed by atoms with Gasteiger partial charge in [0.15, 0.2) is 0 Å². The maximum absolute atomic E-state index is 6.05. The molecule has 0 bridgehead atoms. The molecule has 5 heteroatoms. The van der Waals surface area contributed by atoms with Crippen molar-refractivity contribution in [2.45, 2.75) is 31.6 Å². The summed E-state index contributed by atoms with van der Waals surface area (Å²) in [4.78, 5) is 0. The van der Waals surface area contributed by atoms with Crippen LogP contribution in [0.25, 0.3) is 0 Å². The first-order valence-electron chi connectivity index (χ1n) is 6.86. The van der Waals surface area contributed by atoms with Crippen molar-refractivity contribution in [3.8, 4) is 5.75 Å². The van der Waals surface area contributed by atoms with Gasteiger partial charge in [-0.05, 0) is 31.7 Å². The van der Waals surface area contributed by atoms with E-state index >= 15 is 0 Å². The molecule has 0 saturated heterocycles. The van der Waals surface area contributed by atoms with Crippen LogP contribution in [-0.2, 0) is 9.47 Å². The van der Waals surface area contributed by atoms with Gasteiger partial charge in [-0.3, -0.25) is 0 Å². The second-order valence-electron chi connectivity index (χ2n) is 5.03. The van der Waals surface area contributed by atoms with Crippen molar-refractivity contribution in [2.75, 3.05) is 27.4 Å². The van der Waals surface area contributed by atoms with Crippen LogP contribution in [0.2, 0.25) is 5.02 Å². The maximum atomic E-state index is 6.05. The van der Waals surface area contributed by atoms with Gasteiger partial charge in [-0.15, -0.1) is 0 Å². The molecule has 1 aromatic rings. The van der Waals surface area contributed by atoms with Crippen molar-refractivity contribution in [1.29, 1.82) is 0 Å². The highest BCUT2D eigenvalue weighted by molar-refractivity contribution is 6.30. The van der Waals surface area contributed by atoms with Crippen LogP contribution in [0, 0.1) is 6.92 Å². The molecule has 0 amide bonds. The van der Waals surface area contributed by atoms with Gasteiger partial charge in [0.2, 0.25) is 0 Å². The Kier molecular flexibility index (Phi) is 5.66. The van der Waals surface area contributed by atoms with Crippen LogP contribution < -0.4 is 10.1 Å². The molecule has 0 aromatic heterocycles. The quantitative estimate of drug-likeness (QED) is 0.785. The number of nitrogens with one attached hydrogen (secondary N) is 1. The lowest BCUT2D eigenvalue weighted by atomic mass is 9.85. The molecule has 1 N–H and O–H groups in total. The van der Waals surface area contributed by atoms with E-state index in [-0.39, 0.29) is 12.2 Å². The van der Waals surface area contributed by atoms with E-state index in [2.05, 4.69) is 5.32 Å². The van der Waals surface area contributed by atoms with Crippen LogP contribution >= 0.6 is 11.6 Å². The number of likely N-dealkylation sites (N-methyl/N-ethyl adjacent to an activating group) is 1. The number of hydrogen-bond donors (Lipinski definition) is 1. The van der Waals surface area contributed by atoms with Crippen LogP contribution in [0.4, 0.5) is 0 Å². The van der Waals surface area contributed by atoms with E-state index < -0.39 is 0 Å². The van der Waals surface area contributed by atoms with Crippen molar-refractivity contribution in [3.63, 3.8) is 0 Å². The number of rotatable bonds is 7. The lowest BCUT2D eigenvalue weighted by molar-refractivity contribution is -0.114. The van der Waals surface area contributed by atoms with Crippen molar-refractivity contribution in [1.82, 2.24) is 5.32 Å². The van der Waals surface area contributed by atoms with E-state index in [0.29, 0.717) is 24.3 Å². The van der Waals surface area contributed by atoms with E-state index in [0.717, 1.165) is 17.7 Å². The number of ether oxygens (including phenoxy) is 3. The van der Waals surface area contributed by atoms with E-state index in [4.69, 9.17) is 25.8 Å². The zero-order chi connectivity index (χ0) is 14.5. The first-order valence-corrected chi connectivity index (χ1v) is 7.24. The van der Waals surface area contributed by atoms with Gasteiger partial charge >= 0.3 is 0 Å². The lowest BCUT2D eigenvalue weighted by Gasteiger charge is -2.43. The fourth-order valence-electron chi connectivity index (χ4n) is 2.33. The molecule has 1 aromatic carbocycles. The van der Waals surface area contributed by atoms with Gasteiger partial charge in [0.25, 0.3) is 0 Å². The summed E-state index contributed by atoms with van der Waals surface area (Å²) in [6.45, 7) is 3.18. The number of halogens is 1. The van der Waals surface area contributed by atoms with Gasteiger partial charge in [-0.2, -0.15) is 0 Å². The molecule has 112 valence electrons. The fraction of sp³-hybridized carbons (Fsp3) is 0.600. The minimum atomic E-state index is 0.0496. The molecule has 0 aliphatic heterocycles. The van der Waals surface area contributed by atoms with Crippen LogP contribution in [0.5, 0.6) is 5.75 Å². The van der Waals surface area contributed by atoms with Gasteiger partial charge in [-0.25, -0.2) is 0 Å². The predicted molar refractivity (Wildman–Crippen MR) is 79.7 cm³/mol. The standard InChI is InChI=1S/C15H22ClNO3/c1-10-4-5-11(16)8-13(10)20-14-9-12(17-2)15(14)19-7-6-18-3/h4-5,8,12,14-15,17H,6-7,9H2,1-3H3. The third-order valence-electron chi connectivity index (χ3n) is 3.65. The first-order chi connectivity index (χ1) is 9.65. The van der Waals surface area contributed by atoms with E-state index in [1.54, 1.807) is 7.11 Å². The Bertz CT molecular complexity index is 441. The Hall–Kier alpha value is -0.810. The molecule has 20 heavy (non-hydrogen) atoms. The summed E-state index contributed by atoms with van der Waals surface area (Å²) in [6.07, 6.45) is 1.04. The monoisotopic (exact) mass is 299 g/mol. The van der Waals surface area contributed by atoms with E-state index in [9.17, 15) is 0 Å². The van der Waals surface area contributed by atoms with Crippen molar-refractivity contribution < 1.29 is 14.2 Å². The zero-order valence-corrected chi connectivity index (χ0v) is 12.9. The summed E-state index contributed by atoms with van der Waals surface area (Å²) < 4.78 is 16.9. The van der Waals surface area contributed by atoms with Gasteiger partial charge in [0, 0.05) is 24.6 Å². The Morgan fingerprint density at radius 3 is 2.85 bits per heavy atom. The smallest absolute Gasteiger partial charge is 0.128 e. The molecular formula is C15H22ClNO3. The Morgan fingerprint density at radius 2 is 2.15 bits per heavy atom. The Balaban J connectivity index is 1.95. The third kappa shape index (κ3) is 3.64. The summed E-state index contributed by atoms with van der Waals surface area (Å²) in [6, 6.07) is 6.02. The van der Waals surface area contributed by atoms with Crippen molar-refractivity contribution >= 4 is 11.6 Å². The zero-order valence-electron chi connectivity index (χ0n) is 12.2. The average Bonchev–Trinajstić information content (AvgIpc) is 2.42. The molecule has 1 aliphatic rings. The molecule has 0 radical (unpaired) electrons. The predicted octanol–water partition coefficient (Wildman–Crippen LogP) is 2.42. The van der Waals surface area contributed by atoms with Gasteiger partial charge < -0.3 is 19.5 Å². The Morgan fingerprint density at radius 1 is 1.35 bits per heavy atom. The first kappa shape index (κ1) is 15.6. The molecule has 3 atom stereocenters. The minimum absolute atomic E-state index is 0.0496. The topological polar surface area (TPSA) is 39.7 Å². The van der Waals surface area contributed by atoms with Gasteiger partial charge in [0.1, 0.15) is 18.0 Å².